The second kappa shape index (κ2) is 4.82. The van der Waals surface area contributed by atoms with Crippen molar-refractivity contribution in [1.29, 1.82) is 0 Å². The number of benzene rings is 1. The van der Waals surface area contributed by atoms with Gasteiger partial charge in [0.15, 0.2) is 0 Å². The summed E-state index contributed by atoms with van der Waals surface area (Å²) in [5, 5.41) is 18.1. The lowest BCUT2D eigenvalue weighted by Crippen LogP contribution is -2.32. The SMILES string of the molecule is CCc1ccccc1C#CC(C)(O)C(=O)O. The number of hydrogen-bond donors (Lipinski definition) is 2. The fourth-order valence-electron chi connectivity index (χ4n) is 1.19. The molecule has 1 aromatic rings. The molecule has 0 aliphatic heterocycles. The van der Waals surface area contributed by atoms with E-state index in [1.807, 2.05) is 31.2 Å². The van der Waals surface area contributed by atoms with Crippen LogP contribution in [0.3, 0.4) is 0 Å². The molecule has 0 bridgehead atoms. The third-order valence-electron chi connectivity index (χ3n) is 2.26. The van der Waals surface area contributed by atoms with E-state index in [0.717, 1.165) is 24.5 Å². The standard InChI is InChI=1S/C13H14O3/c1-3-10-6-4-5-7-11(10)8-9-13(2,16)12(14)15/h4-7,16H,3H2,1-2H3,(H,14,15). The average Bonchev–Trinajstić information content (AvgIpc) is 2.26. The number of hydrogen-bond acceptors (Lipinski definition) is 2. The van der Waals surface area contributed by atoms with E-state index in [1.54, 1.807) is 0 Å². The number of rotatable bonds is 2. The Kier molecular flexibility index (Phi) is 3.70. The summed E-state index contributed by atoms with van der Waals surface area (Å²) >= 11 is 0. The Labute approximate surface area is 94.7 Å². The highest BCUT2D eigenvalue weighted by atomic mass is 16.4. The molecule has 16 heavy (non-hydrogen) atoms. The molecular formula is C13H14O3. The minimum Gasteiger partial charge on any atom is -0.478 e. The highest BCUT2D eigenvalue weighted by molar-refractivity contribution is 5.81. The number of carboxylic acid groups (broad SMARTS) is 1. The van der Waals surface area contributed by atoms with Crippen molar-refractivity contribution >= 4 is 5.97 Å². The molecule has 0 aromatic heterocycles. The first kappa shape index (κ1) is 12.3. The van der Waals surface area contributed by atoms with Crippen molar-refractivity contribution in [2.24, 2.45) is 0 Å². The van der Waals surface area contributed by atoms with Crippen LogP contribution in [0.2, 0.25) is 0 Å². The summed E-state index contributed by atoms with van der Waals surface area (Å²) in [4.78, 5) is 10.6. The monoisotopic (exact) mass is 218 g/mol. The van der Waals surface area contributed by atoms with Gasteiger partial charge in [-0.25, -0.2) is 4.79 Å². The predicted molar refractivity (Wildman–Crippen MR) is 61.0 cm³/mol. The molecule has 1 aromatic carbocycles. The lowest BCUT2D eigenvalue weighted by Gasteiger charge is -2.08. The second-order valence-electron chi connectivity index (χ2n) is 3.64. The van der Waals surface area contributed by atoms with Crippen LogP contribution in [0.25, 0.3) is 0 Å². The van der Waals surface area contributed by atoms with Gasteiger partial charge in [-0.3, -0.25) is 0 Å². The maximum absolute atomic E-state index is 10.6. The molecule has 0 radical (unpaired) electrons. The van der Waals surface area contributed by atoms with Crippen molar-refractivity contribution in [1.82, 2.24) is 0 Å². The van der Waals surface area contributed by atoms with E-state index >= 15 is 0 Å². The molecule has 2 N–H and O–H groups in total. The first-order valence-electron chi connectivity index (χ1n) is 5.04. The summed E-state index contributed by atoms with van der Waals surface area (Å²) in [5.74, 6) is 3.72. The quantitative estimate of drug-likeness (QED) is 0.738. The maximum atomic E-state index is 10.6. The van der Waals surface area contributed by atoms with Crippen molar-refractivity contribution in [3.05, 3.63) is 35.4 Å². The summed E-state index contributed by atoms with van der Waals surface area (Å²) in [6, 6.07) is 7.47. The Morgan fingerprint density at radius 1 is 1.44 bits per heavy atom. The Morgan fingerprint density at radius 3 is 2.62 bits per heavy atom. The lowest BCUT2D eigenvalue weighted by atomic mass is 10.0. The minimum atomic E-state index is -2.00. The smallest absolute Gasteiger partial charge is 0.348 e. The molecule has 1 unspecified atom stereocenters. The molecule has 3 nitrogen and oxygen atoms in total. The first-order chi connectivity index (χ1) is 7.47. The zero-order valence-electron chi connectivity index (χ0n) is 9.32. The van der Waals surface area contributed by atoms with Gasteiger partial charge >= 0.3 is 5.97 Å². The number of aliphatic carboxylic acids is 1. The third kappa shape index (κ3) is 2.85. The summed E-state index contributed by atoms with van der Waals surface area (Å²) < 4.78 is 0. The highest BCUT2D eigenvalue weighted by Gasteiger charge is 2.26. The van der Waals surface area contributed by atoms with Gasteiger partial charge in [-0.15, -0.1) is 0 Å². The van der Waals surface area contributed by atoms with E-state index in [9.17, 15) is 9.90 Å². The van der Waals surface area contributed by atoms with Crippen LogP contribution >= 0.6 is 0 Å². The van der Waals surface area contributed by atoms with Crippen LogP contribution in [0.1, 0.15) is 25.0 Å². The summed E-state index contributed by atoms with van der Waals surface area (Å²) in [6.07, 6.45) is 0.820. The van der Waals surface area contributed by atoms with Gasteiger partial charge in [-0.2, -0.15) is 0 Å². The summed E-state index contributed by atoms with van der Waals surface area (Å²) in [6.45, 7) is 3.16. The third-order valence-corrected chi connectivity index (χ3v) is 2.26. The highest BCUT2D eigenvalue weighted by Crippen LogP contribution is 2.09. The van der Waals surface area contributed by atoms with E-state index in [1.165, 1.54) is 0 Å². The van der Waals surface area contributed by atoms with E-state index in [4.69, 9.17) is 5.11 Å². The van der Waals surface area contributed by atoms with E-state index < -0.39 is 11.6 Å². The normalized spacial score (nSPS) is 13.4. The van der Waals surface area contributed by atoms with Gasteiger partial charge in [0.05, 0.1) is 0 Å². The molecule has 1 atom stereocenters. The molecule has 0 saturated carbocycles. The van der Waals surface area contributed by atoms with Crippen LogP contribution in [-0.2, 0) is 11.2 Å². The van der Waals surface area contributed by atoms with E-state index in [-0.39, 0.29) is 0 Å². The van der Waals surface area contributed by atoms with E-state index in [0.29, 0.717) is 0 Å². The Balaban J connectivity index is 3.05. The van der Waals surface area contributed by atoms with Crippen LogP contribution in [-0.4, -0.2) is 21.8 Å². The van der Waals surface area contributed by atoms with Crippen LogP contribution < -0.4 is 0 Å². The van der Waals surface area contributed by atoms with Gasteiger partial charge in [-0.05, 0) is 25.0 Å². The topological polar surface area (TPSA) is 57.5 Å². The molecule has 0 saturated heterocycles. The molecule has 0 fully saturated rings. The molecule has 0 aliphatic carbocycles. The van der Waals surface area contributed by atoms with E-state index in [2.05, 4.69) is 11.8 Å². The zero-order chi connectivity index (χ0) is 12.2. The van der Waals surface area contributed by atoms with Gasteiger partial charge in [0.2, 0.25) is 5.60 Å². The predicted octanol–water partition coefficient (Wildman–Crippen LogP) is 1.44. The summed E-state index contributed by atoms with van der Waals surface area (Å²) in [5.41, 5.74) is -0.205. The molecule has 84 valence electrons. The molecular weight excluding hydrogens is 204 g/mol. The van der Waals surface area contributed by atoms with Gasteiger partial charge in [0, 0.05) is 5.56 Å². The fraction of sp³-hybridized carbons (Fsp3) is 0.308. The largest absolute Gasteiger partial charge is 0.478 e. The number of carbonyl (C=O) groups is 1. The fourth-order valence-corrected chi connectivity index (χ4v) is 1.19. The number of aliphatic hydroxyl groups is 1. The van der Waals surface area contributed by atoms with Crippen molar-refractivity contribution in [2.75, 3.05) is 0 Å². The summed E-state index contributed by atoms with van der Waals surface area (Å²) in [7, 11) is 0. The lowest BCUT2D eigenvalue weighted by molar-refractivity contribution is -0.151. The molecule has 0 spiro atoms. The molecule has 3 heteroatoms. The first-order valence-corrected chi connectivity index (χ1v) is 5.04. The van der Waals surface area contributed by atoms with Crippen LogP contribution in [0.15, 0.2) is 24.3 Å². The van der Waals surface area contributed by atoms with Gasteiger partial charge in [0.25, 0.3) is 0 Å². The molecule has 0 heterocycles. The molecule has 0 aliphatic rings. The van der Waals surface area contributed by atoms with Crippen LogP contribution in [0.4, 0.5) is 0 Å². The average molecular weight is 218 g/mol. The molecule has 0 amide bonds. The van der Waals surface area contributed by atoms with Crippen LogP contribution in [0, 0.1) is 11.8 Å². The van der Waals surface area contributed by atoms with Gasteiger partial charge in [-0.1, -0.05) is 37.0 Å². The Bertz CT molecular complexity index is 450. The number of aryl methyl sites for hydroxylation is 1. The Hall–Kier alpha value is -1.79. The molecule has 1 rings (SSSR count). The Morgan fingerprint density at radius 2 is 2.06 bits per heavy atom. The van der Waals surface area contributed by atoms with Gasteiger partial charge in [0.1, 0.15) is 0 Å². The van der Waals surface area contributed by atoms with Crippen molar-refractivity contribution < 1.29 is 15.0 Å². The maximum Gasteiger partial charge on any atom is 0.348 e. The van der Waals surface area contributed by atoms with Crippen LogP contribution in [0.5, 0.6) is 0 Å². The second-order valence-corrected chi connectivity index (χ2v) is 3.64. The van der Waals surface area contributed by atoms with Crippen molar-refractivity contribution in [3.63, 3.8) is 0 Å². The van der Waals surface area contributed by atoms with Crippen molar-refractivity contribution in [2.45, 2.75) is 25.9 Å². The zero-order valence-corrected chi connectivity index (χ0v) is 9.32. The minimum absolute atomic E-state index is 0.756. The van der Waals surface area contributed by atoms with Gasteiger partial charge < -0.3 is 10.2 Å². The van der Waals surface area contributed by atoms with Crippen molar-refractivity contribution in [3.8, 4) is 11.8 Å². The number of carboxylic acids is 1.